The number of hydrogen-bond donors (Lipinski definition) is 1. The Morgan fingerprint density at radius 3 is 2.14 bits per heavy atom. The second kappa shape index (κ2) is 7.99. The highest BCUT2D eigenvalue weighted by atomic mass is 19.4. The molecule has 0 spiro atoms. The van der Waals surface area contributed by atoms with Crippen molar-refractivity contribution < 1.29 is 31.1 Å². The van der Waals surface area contributed by atoms with Crippen LogP contribution in [0, 0.1) is 0 Å². The zero-order valence-corrected chi connectivity index (χ0v) is 15.0. The van der Waals surface area contributed by atoms with Crippen LogP contribution in [0.5, 0.6) is 0 Å². The van der Waals surface area contributed by atoms with Crippen molar-refractivity contribution in [2.24, 2.45) is 0 Å². The lowest BCUT2D eigenvalue weighted by atomic mass is 9.95. The zero-order chi connectivity index (χ0) is 21.2. The van der Waals surface area contributed by atoms with E-state index in [4.69, 9.17) is 0 Å². The summed E-state index contributed by atoms with van der Waals surface area (Å²) in [4.78, 5) is 12.3. The fraction of sp³-hybridized carbons (Fsp3) is 0.529. The maximum absolute atomic E-state index is 12.9. The van der Waals surface area contributed by atoms with Crippen molar-refractivity contribution in [1.82, 2.24) is 25.5 Å². The minimum absolute atomic E-state index is 0.0274. The van der Waals surface area contributed by atoms with Crippen LogP contribution in [0.3, 0.4) is 0 Å². The molecule has 1 N–H and O–H groups in total. The van der Waals surface area contributed by atoms with Gasteiger partial charge in [-0.25, -0.2) is 4.68 Å². The molecule has 1 saturated carbocycles. The van der Waals surface area contributed by atoms with Crippen molar-refractivity contribution in [3.63, 3.8) is 0 Å². The first-order valence-electron chi connectivity index (χ1n) is 8.90. The van der Waals surface area contributed by atoms with E-state index in [9.17, 15) is 31.1 Å². The predicted octanol–water partition coefficient (Wildman–Crippen LogP) is 4.15. The third-order valence-corrected chi connectivity index (χ3v) is 4.74. The quantitative estimate of drug-likeness (QED) is 0.753. The fourth-order valence-electron chi connectivity index (χ4n) is 3.29. The average Bonchev–Trinajstić information content (AvgIpc) is 3.13. The second-order valence-electron chi connectivity index (χ2n) is 6.81. The SMILES string of the molecule is O=C(NCc1nnnn1C1CCCCC1)c1cc(C(F)(F)F)cc(C(F)(F)F)c1. The molecule has 0 bridgehead atoms. The van der Waals surface area contributed by atoms with Gasteiger partial charge in [0.25, 0.3) is 5.91 Å². The first kappa shape index (κ1) is 21.1. The van der Waals surface area contributed by atoms with E-state index < -0.39 is 35.0 Å². The molecule has 29 heavy (non-hydrogen) atoms. The van der Waals surface area contributed by atoms with Gasteiger partial charge in [0.2, 0.25) is 0 Å². The monoisotopic (exact) mass is 421 g/mol. The van der Waals surface area contributed by atoms with Crippen LogP contribution < -0.4 is 5.32 Å². The van der Waals surface area contributed by atoms with Crippen molar-refractivity contribution in [2.75, 3.05) is 0 Å². The molecule has 1 aliphatic carbocycles. The number of rotatable bonds is 4. The summed E-state index contributed by atoms with van der Waals surface area (Å²) >= 11 is 0. The molecule has 0 saturated heterocycles. The van der Waals surface area contributed by atoms with Crippen LogP contribution in [-0.4, -0.2) is 26.1 Å². The predicted molar refractivity (Wildman–Crippen MR) is 87.6 cm³/mol. The maximum Gasteiger partial charge on any atom is 0.416 e. The van der Waals surface area contributed by atoms with Gasteiger partial charge in [0.1, 0.15) is 0 Å². The molecule has 0 unspecified atom stereocenters. The lowest BCUT2D eigenvalue weighted by Gasteiger charge is -2.22. The molecule has 0 radical (unpaired) electrons. The molecule has 1 aliphatic rings. The number of hydrogen-bond acceptors (Lipinski definition) is 4. The van der Waals surface area contributed by atoms with E-state index >= 15 is 0 Å². The van der Waals surface area contributed by atoms with Crippen molar-refractivity contribution in [3.8, 4) is 0 Å². The summed E-state index contributed by atoms with van der Waals surface area (Å²) in [7, 11) is 0. The first-order chi connectivity index (χ1) is 13.6. The van der Waals surface area contributed by atoms with Gasteiger partial charge < -0.3 is 5.32 Å². The molecule has 1 aromatic heterocycles. The Kier molecular flexibility index (Phi) is 5.80. The Hall–Kier alpha value is -2.66. The third kappa shape index (κ3) is 5.04. The molecule has 12 heteroatoms. The van der Waals surface area contributed by atoms with Crippen LogP contribution in [0.4, 0.5) is 26.3 Å². The number of nitrogens with zero attached hydrogens (tertiary/aromatic N) is 4. The van der Waals surface area contributed by atoms with Gasteiger partial charge in [-0.05, 0) is 41.5 Å². The number of carbonyl (C=O) groups excluding carboxylic acids is 1. The smallest absolute Gasteiger partial charge is 0.345 e. The maximum atomic E-state index is 12.9. The summed E-state index contributed by atoms with van der Waals surface area (Å²) in [6.07, 6.45) is -5.24. The van der Waals surface area contributed by atoms with Gasteiger partial charge in [-0.15, -0.1) is 5.10 Å². The van der Waals surface area contributed by atoms with Crippen LogP contribution >= 0.6 is 0 Å². The third-order valence-electron chi connectivity index (χ3n) is 4.74. The van der Waals surface area contributed by atoms with Crippen molar-refractivity contribution >= 4 is 5.91 Å². The standard InChI is InChI=1S/C17H17F6N5O/c18-16(19,20)11-6-10(7-12(8-11)17(21,22)23)15(29)24-9-14-25-26-27-28(14)13-4-2-1-3-5-13/h6-8,13H,1-5,9H2,(H,24,29). The molecule has 1 heterocycles. The van der Waals surface area contributed by atoms with Crippen LogP contribution in [0.1, 0.15) is 65.5 Å². The van der Waals surface area contributed by atoms with Gasteiger partial charge in [-0.1, -0.05) is 19.3 Å². The summed E-state index contributed by atoms with van der Waals surface area (Å²) in [6.45, 7) is -0.222. The van der Waals surface area contributed by atoms with Gasteiger partial charge in [-0.2, -0.15) is 26.3 Å². The Morgan fingerprint density at radius 2 is 1.59 bits per heavy atom. The minimum atomic E-state index is -5.03. The number of nitrogens with one attached hydrogen (secondary N) is 1. The zero-order valence-electron chi connectivity index (χ0n) is 15.0. The Morgan fingerprint density at radius 1 is 1.00 bits per heavy atom. The summed E-state index contributed by atoms with van der Waals surface area (Å²) in [5.41, 5.74) is -3.85. The molecule has 158 valence electrons. The molecule has 2 aromatic rings. The van der Waals surface area contributed by atoms with Gasteiger partial charge >= 0.3 is 12.4 Å². The van der Waals surface area contributed by atoms with Crippen molar-refractivity contribution in [2.45, 2.75) is 57.0 Å². The Labute approximate surface area is 161 Å². The molecular formula is C17H17F6N5O. The molecule has 6 nitrogen and oxygen atoms in total. The van der Waals surface area contributed by atoms with Gasteiger partial charge in [0.15, 0.2) is 5.82 Å². The van der Waals surface area contributed by atoms with E-state index in [1.807, 2.05) is 0 Å². The molecule has 0 aliphatic heterocycles. The summed E-state index contributed by atoms with van der Waals surface area (Å²) < 4.78 is 79.2. The topological polar surface area (TPSA) is 72.7 Å². The largest absolute Gasteiger partial charge is 0.416 e. The average molecular weight is 421 g/mol. The fourth-order valence-corrected chi connectivity index (χ4v) is 3.29. The van der Waals surface area contributed by atoms with Gasteiger partial charge in [-0.3, -0.25) is 4.79 Å². The molecular weight excluding hydrogens is 404 g/mol. The molecule has 1 amide bonds. The van der Waals surface area contributed by atoms with Crippen LogP contribution in [-0.2, 0) is 18.9 Å². The van der Waals surface area contributed by atoms with Gasteiger partial charge in [0.05, 0.1) is 23.7 Å². The van der Waals surface area contributed by atoms with E-state index in [0.29, 0.717) is 12.1 Å². The highest BCUT2D eigenvalue weighted by molar-refractivity contribution is 5.94. The van der Waals surface area contributed by atoms with Gasteiger partial charge in [0, 0.05) is 5.56 Å². The molecule has 3 rings (SSSR count). The van der Waals surface area contributed by atoms with Crippen molar-refractivity contribution in [3.05, 3.63) is 40.7 Å². The number of benzene rings is 1. The van der Waals surface area contributed by atoms with E-state index in [0.717, 1.165) is 32.1 Å². The number of aromatic nitrogens is 4. The molecule has 1 fully saturated rings. The van der Waals surface area contributed by atoms with E-state index in [1.54, 1.807) is 4.68 Å². The second-order valence-corrected chi connectivity index (χ2v) is 6.81. The Bertz CT molecular complexity index is 838. The molecule has 1 aromatic carbocycles. The van der Waals surface area contributed by atoms with E-state index in [2.05, 4.69) is 20.8 Å². The van der Waals surface area contributed by atoms with Crippen molar-refractivity contribution in [1.29, 1.82) is 0 Å². The number of alkyl halides is 6. The number of amides is 1. The molecule has 0 atom stereocenters. The summed E-state index contributed by atoms with van der Waals surface area (Å²) in [6, 6.07) is 0.792. The first-order valence-corrected chi connectivity index (χ1v) is 8.90. The lowest BCUT2D eigenvalue weighted by Crippen LogP contribution is -2.27. The van der Waals surface area contributed by atoms with Crippen LogP contribution in [0.2, 0.25) is 0 Å². The van der Waals surface area contributed by atoms with Crippen LogP contribution in [0.15, 0.2) is 18.2 Å². The number of carbonyl (C=O) groups is 1. The summed E-state index contributed by atoms with van der Waals surface area (Å²) in [5, 5.41) is 13.5. The minimum Gasteiger partial charge on any atom is -0.345 e. The number of tetrazole rings is 1. The number of halogens is 6. The Balaban J connectivity index is 1.78. The summed E-state index contributed by atoms with van der Waals surface area (Å²) in [5.74, 6) is -0.798. The normalized spacial score (nSPS) is 16.1. The van der Waals surface area contributed by atoms with E-state index in [1.165, 1.54) is 0 Å². The van der Waals surface area contributed by atoms with E-state index in [-0.39, 0.29) is 24.5 Å². The lowest BCUT2D eigenvalue weighted by molar-refractivity contribution is -0.143. The highest BCUT2D eigenvalue weighted by Gasteiger charge is 2.37. The van der Waals surface area contributed by atoms with Crippen LogP contribution in [0.25, 0.3) is 0 Å². The highest BCUT2D eigenvalue weighted by Crippen LogP contribution is 2.36.